The Morgan fingerprint density at radius 1 is 1.22 bits per heavy atom. The van der Waals surface area contributed by atoms with Crippen LogP contribution in [0.25, 0.3) is 11.3 Å². The van der Waals surface area contributed by atoms with Gasteiger partial charge in [0.2, 0.25) is 5.91 Å². The van der Waals surface area contributed by atoms with Crippen LogP contribution in [0, 0.1) is 5.82 Å². The molecular formula is C20H16FN3O2S. The van der Waals surface area contributed by atoms with Crippen molar-refractivity contribution in [3.05, 3.63) is 64.8 Å². The van der Waals surface area contributed by atoms with Crippen LogP contribution in [0.4, 0.5) is 15.2 Å². The van der Waals surface area contributed by atoms with E-state index < -0.39 is 11.7 Å². The highest BCUT2D eigenvalue weighted by atomic mass is 32.1. The average Bonchev–Trinajstić information content (AvgIpc) is 3.28. The van der Waals surface area contributed by atoms with Gasteiger partial charge in [0.1, 0.15) is 5.82 Å². The number of anilines is 2. The monoisotopic (exact) mass is 381 g/mol. The molecule has 0 atom stereocenters. The molecule has 5 nitrogen and oxygen atoms in total. The summed E-state index contributed by atoms with van der Waals surface area (Å²) in [6, 6.07) is 11.7. The van der Waals surface area contributed by atoms with E-state index in [2.05, 4.69) is 10.3 Å². The minimum absolute atomic E-state index is 0.0158. The zero-order valence-corrected chi connectivity index (χ0v) is 15.3. The SMILES string of the molecule is CC(=O)N1CCc2ccc(-c3csc(NC(=O)c4ccccc4F)n3)cc21. The molecule has 7 heteroatoms. The molecule has 1 aliphatic rings. The van der Waals surface area contributed by atoms with Gasteiger partial charge in [-0.3, -0.25) is 14.9 Å². The summed E-state index contributed by atoms with van der Waals surface area (Å²) in [5.74, 6) is -1.09. The van der Waals surface area contributed by atoms with E-state index in [1.807, 2.05) is 23.6 Å². The Morgan fingerprint density at radius 2 is 2.04 bits per heavy atom. The van der Waals surface area contributed by atoms with Gasteiger partial charge in [0, 0.05) is 30.1 Å². The van der Waals surface area contributed by atoms with Crippen LogP contribution in [-0.4, -0.2) is 23.3 Å². The van der Waals surface area contributed by atoms with Crippen molar-refractivity contribution in [1.82, 2.24) is 4.98 Å². The van der Waals surface area contributed by atoms with Gasteiger partial charge in [-0.2, -0.15) is 0 Å². The highest BCUT2D eigenvalue weighted by Crippen LogP contribution is 2.34. The van der Waals surface area contributed by atoms with Crippen molar-refractivity contribution in [2.24, 2.45) is 0 Å². The van der Waals surface area contributed by atoms with E-state index in [1.54, 1.807) is 17.9 Å². The zero-order chi connectivity index (χ0) is 19.0. The Morgan fingerprint density at radius 3 is 2.81 bits per heavy atom. The van der Waals surface area contributed by atoms with Gasteiger partial charge in [-0.15, -0.1) is 11.3 Å². The third-order valence-electron chi connectivity index (χ3n) is 4.50. The Balaban J connectivity index is 1.57. The largest absolute Gasteiger partial charge is 0.312 e. The smallest absolute Gasteiger partial charge is 0.260 e. The quantitative estimate of drug-likeness (QED) is 0.743. The number of hydrogen-bond donors (Lipinski definition) is 1. The third kappa shape index (κ3) is 3.33. The first kappa shape index (κ1) is 17.4. The summed E-state index contributed by atoms with van der Waals surface area (Å²) in [7, 11) is 0. The van der Waals surface area contributed by atoms with Gasteiger partial charge in [0.25, 0.3) is 5.91 Å². The molecule has 0 aliphatic carbocycles. The molecular weight excluding hydrogens is 365 g/mol. The fraction of sp³-hybridized carbons (Fsp3) is 0.150. The number of aromatic nitrogens is 1. The molecule has 2 amide bonds. The average molecular weight is 381 g/mol. The predicted octanol–water partition coefficient (Wildman–Crippen LogP) is 4.11. The Labute approximate surface area is 159 Å². The van der Waals surface area contributed by atoms with Gasteiger partial charge >= 0.3 is 0 Å². The minimum Gasteiger partial charge on any atom is -0.312 e. The molecule has 0 saturated heterocycles. The Hall–Kier alpha value is -3.06. The summed E-state index contributed by atoms with van der Waals surface area (Å²) in [4.78, 5) is 30.2. The third-order valence-corrected chi connectivity index (χ3v) is 5.26. The fourth-order valence-electron chi connectivity index (χ4n) is 3.14. The minimum atomic E-state index is -0.574. The normalized spacial score (nSPS) is 12.7. The molecule has 0 unspecified atom stereocenters. The van der Waals surface area contributed by atoms with Crippen molar-refractivity contribution in [3.8, 4) is 11.3 Å². The number of carbonyl (C=O) groups is 2. The molecule has 3 aromatic rings. The van der Waals surface area contributed by atoms with Crippen LogP contribution in [0.5, 0.6) is 0 Å². The number of nitrogens with one attached hydrogen (secondary N) is 1. The van der Waals surface area contributed by atoms with E-state index in [0.717, 1.165) is 23.2 Å². The van der Waals surface area contributed by atoms with E-state index in [9.17, 15) is 14.0 Å². The van der Waals surface area contributed by atoms with E-state index >= 15 is 0 Å². The van der Waals surface area contributed by atoms with E-state index in [4.69, 9.17) is 0 Å². The molecule has 2 heterocycles. The van der Waals surface area contributed by atoms with E-state index in [-0.39, 0.29) is 11.5 Å². The topological polar surface area (TPSA) is 62.3 Å². The molecule has 1 N–H and O–H groups in total. The maximum Gasteiger partial charge on any atom is 0.260 e. The van der Waals surface area contributed by atoms with Crippen molar-refractivity contribution < 1.29 is 14.0 Å². The summed E-state index contributed by atoms with van der Waals surface area (Å²) in [6.45, 7) is 2.25. The highest BCUT2D eigenvalue weighted by Gasteiger charge is 2.23. The summed E-state index contributed by atoms with van der Waals surface area (Å²) in [6.07, 6.45) is 0.843. The van der Waals surface area contributed by atoms with Crippen LogP contribution in [0.2, 0.25) is 0 Å². The standard InChI is InChI=1S/C20H16FN3O2S/c1-12(25)24-9-8-13-6-7-14(10-18(13)24)17-11-27-20(22-17)23-19(26)15-4-2-3-5-16(15)21/h2-7,10-11H,8-9H2,1H3,(H,22,23,26). The van der Waals surface area contributed by atoms with Crippen molar-refractivity contribution in [3.63, 3.8) is 0 Å². The van der Waals surface area contributed by atoms with Gasteiger partial charge in [0.05, 0.1) is 11.3 Å². The van der Waals surface area contributed by atoms with Crippen LogP contribution in [-0.2, 0) is 11.2 Å². The lowest BCUT2D eigenvalue weighted by Crippen LogP contribution is -2.25. The lowest BCUT2D eigenvalue weighted by atomic mass is 10.1. The number of carbonyl (C=O) groups excluding carboxylic acids is 2. The highest BCUT2D eigenvalue weighted by molar-refractivity contribution is 7.14. The number of amides is 2. The van der Waals surface area contributed by atoms with E-state index in [0.29, 0.717) is 17.4 Å². The molecule has 0 radical (unpaired) electrons. The van der Waals surface area contributed by atoms with Gasteiger partial charge in [-0.25, -0.2) is 9.37 Å². The van der Waals surface area contributed by atoms with Crippen molar-refractivity contribution in [2.75, 3.05) is 16.8 Å². The second kappa shape index (κ2) is 6.92. The molecule has 0 bridgehead atoms. The number of halogens is 1. The van der Waals surface area contributed by atoms with Crippen LogP contribution < -0.4 is 10.2 Å². The summed E-state index contributed by atoms with van der Waals surface area (Å²) < 4.78 is 13.7. The molecule has 1 aromatic heterocycles. The molecule has 0 fully saturated rings. The number of rotatable bonds is 3. The summed E-state index contributed by atoms with van der Waals surface area (Å²) in [5.41, 5.74) is 3.58. The number of thiazole rings is 1. The first-order chi connectivity index (χ1) is 13.0. The molecule has 2 aromatic carbocycles. The maximum atomic E-state index is 13.7. The number of benzene rings is 2. The number of nitrogens with zero attached hydrogens (tertiary/aromatic N) is 2. The number of hydrogen-bond acceptors (Lipinski definition) is 4. The first-order valence-electron chi connectivity index (χ1n) is 8.46. The summed E-state index contributed by atoms with van der Waals surface area (Å²) in [5, 5.41) is 4.85. The predicted molar refractivity (Wildman–Crippen MR) is 104 cm³/mol. The molecule has 1 aliphatic heterocycles. The molecule has 0 spiro atoms. The zero-order valence-electron chi connectivity index (χ0n) is 14.5. The van der Waals surface area contributed by atoms with E-state index in [1.165, 1.54) is 29.5 Å². The summed E-state index contributed by atoms with van der Waals surface area (Å²) >= 11 is 1.27. The van der Waals surface area contributed by atoms with Crippen LogP contribution in [0.15, 0.2) is 47.8 Å². The second-order valence-electron chi connectivity index (χ2n) is 6.24. The van der Waals surface area contributed by atoms with Crippen molar-refractivity contribution in [1.29, 1.82) is 0 Å². The van der Waals surface area contributed by atoms with Crippen molar-refractivity contribution >= 4 is 34.0 Å². The van der Waals surface area contributed by atoms with Crippen LogP contribution in [0.1, 0.15) is 22.8 Å². The first-order valence-corrected chi connectivity index (χ1v) is 9.33. The second-order valence-corrected chi connectivity index (χ2v) is 7.09. The lowest BCUT2D eigenvalue weighted by Gasteiger charge is -2.15. The van der Waals surface area contributed by atoms with Gasteiger partial charge < -0.3 is 4.90 Å². The van der Waals surface area contributed by atoms with Crippen LogP contribution >= 0.6 is 11.3 Å². The van der Waals surface area contributed by atoms with Gasteiger partial charge in [-0.1, -0.05) is 24.3 Å². The van der Waals surface area contributed by atoms with Crippen molar-refractivity contribution in [2.45, 2.75) is 13.3 Å². The fourth-order valence-corrected chi connectivity index (χ4v) is 3.85. The maximum absolute atomic E-state index is 13.7. The van der Waals surface area contributed by atoms with Gasteiger partial charge in [-0.05, 0) is 30.2 Å². The lowest BCUT2D eigenvalue weighted by molar-refractivity contribution is -0.116. The Kier molecular flexibility index (Phi) is 4.45. The van der Waals surface area contributed by atoms with Gasteiger partial charge in [0.15, 0.2) is 5.13 Å². The molecule has 27 heavy (non-hydrogen) atoms. The molecule has 136 valence electrons. The van der Waals surface area contributed by atoms with Crippen LogP contribution in [0.3, 0.4) is 0 Å². The molecule has 0 saturated carbocycles. The number of fused-ring (bicyclic) bond motifs is 1. The Bertz CT molecular complexity index is 1050. The molecule has 4 rings (SSSR count).